The Kier molecular flexibility index (Phi) is 5.43. The van der Waals surface area contributed by atoms with Crippen molar-refractivity contribution in [2.24, 2.45) is 0 Å². The highest BCUT2D eigenvalue weighted by Gasteiger charge is 2.16. The third kappa shape index (κ3) is 4.04. The number of ether oxygens (including phenoxy) is 2. The van der Waals surface area contributed by atoms with Crippen molar-refractivity contribution in [2.75, 3.05) is 19.5 Å². The van der Waals surface area contributed by atoms with E-state index in [9.17, 15) is 18.4 Å². The van der Waals surface area contributed by atoms with Crippen molar-refractivity contribution in [1.82, 2.24) is 0 Å². The van der Waals surface area contributed by atoms with Gasteiger partial charge < -0.3 is 14.8 Å². The molecular weight excluding hydrogens is 284 g/mol. The molecule has 0 saturated heterocycles. The standard InChI is InChI=1S/C14H11F2NO4/c1-4-8-5-9(15)10(16)6-11(8)17-12(14(19)21-3)7-13(18)20-2/h1,5-7,17H,2-3H3/b12-7+. The fraction of sp³-hybridized carbons (Fsp3) is 0.143. The van der Waals surface area contributed by atoms with Crippen LogP contribution in [-0.4, -0.2) is 26.2 Å². The van der Waals surface area contributed by atoms with Crippen LogP contribution in [0.1, 0.15) is 5.56 Å². The van der Waals surface area contributed by atoms with E-state index in [0.717, 1.165) is 32.4 Å². The summed E-state index contributed by atoms with van der Waals surface area (Å²) in [6.45, 7) is 0. The summed E-state index contributed by atoms with van der Waals surface area (Å²) >= 11 is 0. The minimum Gasteiger partial charge on any atom is -0.466 e. The van der Waals surface area contributed by atoms with Gasteiger partial charge in [0, 0.05) is 6.07 Å². The van der Waals surface area contributed by atoms with E-state index in [2.05, 4.69) is 20.7 Å². The molecule has 1 aromatic rings. The number of carbonyl (C=O) groups excluding carboxylic acids is 2. The van der Waals surface area contributed by atoms with Gasteiger partial charge in [-0.15, -0.1) is 6.42 Å². The van der Waals surface area contributed by atoms with E-state index < -0.39 is 23.6 Å². The first kappa shape index (κ1) is 16.2. The van der Waals surface area contributed by atoms with Gasteiger partial charge in [-0.1, -0.05) is 5.92 Å². The smallest absolute Gasteiger partial charge is 0.354 e. The fourth-order valence-electron chi connectivity index (χ4n) is 1.35. The van der Waals surface area contributed by atoms with E-state index in [0.29, 0.717) is 0 Å². The van der Waals surface area contributed by atoms with Gasteiger partial charge in [-0.2, -0.15) is 0 Å². The number of hydrogen-bond acceptors (Lipinski definition) is 5. The summed E-state index contributed by atoms with van der Waals surface area (Å²) in [5.74, 6) is -1.92. The molecule has 1 aromatic carbocycles. The largest absolute Gasteiger partial charge is 0.466 e. The second kappa shape index (κ2) is 7.05. The zero-order valence-electron chi connectivity index (χ0n) is 11.2. The van der Waals surface area contributed by atoms with Crippen LogP contribution in [0.4, 0.5) is 14.5 Å². The van der Waals surface area contributed by atoms with Crippen LogP contribution < -0.4 is 5.32 Å². The lowest BCUT2D eigenvalue weighted by Crippen LogP contribution is -2.16. The number of benzene rings is 1. The minimum absolute atomic E-state index is 0.0337. The first-order valence-corrected chi connectivity index (χ1v) is 5.53. The Balaban J connectivity index is 3.24. The molecule has 0 spiro atoms. The van der Waals surface area contributed by atoms with Crippen molar-refractivity contribution in [1.29, 1.82) is 0 Å². The number of esters is 2. The lowest BCUT2D eigenvalue weighted by molar-refractivity contribution is -0.138. The van der Waals surface area contributed by atoms with Crippen molar-refractivity contribution >= 4 is 17.6 Å². The van der Waals surface area contributed by atoms with Gasteiger partial charge in [0.15, 0.2) is 11.6 Å². The summed E-state index contributed by atoms with van der Waals surface area (Å²) in [5.41, 5.74) is -0.447. The second-order valence-electron chi connectivity index (χ2n) is 3.65. The van der Waals surface area contributed by atoms with Gasteiger partial charge in [0.2, 0.25) is 0 Å². The summed E-state index contributed by atoms with van der Waals surface area (Å²) in [5, 5.41) is 2.42. The van der Waals surface area contributed by atoms with E-state index in [1.165, 1.54) is 0 Å². The van der Waals surface area contributed by atoms with Gasteiger partial charge in [0.05, 0.1) is 31.5 Å². The molecule has 21 heavy (non-hydrogen) atoms. The molecule has 0 amide bonds. The molecule has 0 fully saturated rings. The molecule has 0 unspecified atom stereocenters. The Hall–Kier alpha value is -2.88. The van der Waals surface area contributed by atoms with Crippen molar-refractivity contribution in [3.05, 3.63) is 41.1 Å². The maximum atomic E-state index is 13.2. The molecule has 0 aromatic heterocycles. The summed E-state index contributed by atoms with van der Waals surface area (Å²) in [7, 11) is 2.20. The lowest BCUT2D eigenvalue weighted by Gasteiger charge is -2.11. The Labute approximate surface area is 119 Å². The van der Waals surface area contributed by atoms with Crippen molar-refractivity contribution in [3.63, 3.8) is 0 Å². The van der Waals surface area contributed by atoms with Gasteiger partial charge in [0.1, 0.15) is 5.70 Å². The number of nitrogens with one attached hydrogen (secondary N) is 1. The third-order valence-electron chi connectivity index (χ3n) is 2.35. The minimum atomic E-state index is -1.17. The average molecular weight is 295 g/mol. The fourth-order valence-corrected chi connectivity index (χ4v) is 1.35. The summed E-state index contributed by atoms with van der Waals surface area (Å²) in [4.78, 5) is 22.7. The second-order valence-corrected chi connectivity index (χ2v) is 3.65. The molecular formula is C14H11F2NO4. The SMILES string of the molecule is C#Cc1cc(F)c(F)cc1N/C(=C/C(=O)OC)C(=O)OC. The molecule has 0 aliphatic heterocycles. The summed E-state index contributed by atoms with van der Waals surface area (Å²) in [6, 6.07) is 1.54. The quantitative estimate of drug-likeness (QED) is 0.519. The molecule has 0 heterocycles. The van der Waals surface area contributed by atoms with Crippen LogP contribution in [0.25, 0.3) is 0 Å². The Morgan fingerprint density at radius 1 is 1.24 bits per heavy atom. The van der Waals surface area contributed by atoms with Crippen molar-refractivity contribution < 1.29 is 27.8 Å². The highest BCUT2D eigenvalue weighted by Crippen LogP contribution is 2.21. The highest BCUT2D eigenvalue weighted by atomic mass is 19.2. The molecule has 0 saturated carbocycles. The zero-order chi connectivity index (χ0) is 16.0. The zero-order valence-corrected chi connectivity index (χ0v) is 11.2. The van der Waals surface area contributed by atoms with E-state index in [1.54, 1.807) is 0 Å². The number of carbonyl (C=O) groups is 2. The summed E-state index contributed by atoms with van der Waals surface area (Å²) < 4.78 is 35.2. The monoisotopic (exact) mass is 295 g/mol. The Bertz CT molecular complexity index is 647. The van der Waals surface area contributed by atoms with Gasteiger partial charge in [-0.25, -0.2) is 18.4 Å². The predicted octanol–water partition coefficient (Wildman–Crippen LogP) is 1.59. The molecule has 0 aliphatic carbocycles. The molecule has 1 rings (SSSR count). The molecule has 110 valence electrons. The third-order valence-corrected chi connectivity index (χ3v) is 2.35. The van der Waals surface area contributed by atoms with Crippen LogP contribution in [0.2, 0.25) is 0 Å². The van der Waals surface area contributed by atoms with Gasteiger partial charge in [-0.05, 0) is 6.07 Å². The van der Waals surface area contributed by atoms with Crippen LogP contribution in [0, 0.1) is 24.0 Å². The van der Waals surface area contributed by atoms with Gasteiger partial charge >= 0.3 is 11.9 Å². The van der Waals surface area contributed by atoms with Crippen LogP contribution >= 0.6 is 0 Å². The maximum absolute atomic E-state index is 13.2. The van der Waals surface area contributed by atoms with Crippen molar-refractivity contribution in [3.8, 4) is 12.3 Å². The number of anilines is 1. The molecule has 0 aliphatic rings. The Morgan fingerprint density at radius 2 is 1.86 bits per heavy atom. The molecule has 7 heteroatoms. The first-order chi connectivity index (χ1) is 9.92. The number of hydrogen-bond donors (Lipinski definition) is 1. The van der Waals surface area contributed by atoms with Crippen LogP contribution in [-0.2, 0) is 19.1 Å². The molecule has 1 N–H and O–H groups in total. The normalized spacial score (nSPS) is 10.5. The molecule has 5 nitrogen and oxygen atoms in total. The lowest BCUT2D eigenvalue weighted by atomic mass is 10.1. The molecule has 0 atom stereocenters. The van der Waals surface area contributed by atoms with E-state index in [-0.39, 0.29) is 16.9 Å². The highest BCUT2D eigenvalue weighted by molar-refractivity contribution is 5.99. The summed E-state index contributed by atoms with van der Waals surface area (Å²) in [6.07, 6.45) is 5.97. The van der Waals surface area contributed by atoms with Gasteiger partial charge in [-0.3, -0.25) is 0 Å². The van der Waals surface area contributed by atoms with Crippen LogP contribution in [0.15, 0.2) is 23.9 Å². The topological polar surface area (TPSA) is 64.6 Å². The van der Waals surface area contributed by atoms with Crippen LogP contribution in [0.5, 0.6) is 0 Å². The van der Waals surface area contributed by atoms with E-state index >= 15 is 0 Å². The van der Waals surface area contributed by atoms with E-state index in [1.807, 2.05) is 0 Å². The predicted molar refractivity (Wildman–Crippen MR) is 70.0 cm³/mol. The average Bonchev–Trinajstić information content (AvgIpc) is 2.48. The number of terminal acetylenes is 1. The first-order valence-electron chi connectivity index (χ1n) is 5.53. The molecule has 0 bridgehead atoms. The van der Waals surface area contributed by atoms with Crippen molar-refractivity contribution in [2.45, 2.75) is 0 Å². The van der Waals surface area contributed by atoms with Crippen LogP contribution in [0.3, 0.4) is 0 Å². The number of methoxy groups -OCH3 is 2. The number of halogens is 2. The Morgan fingerprint density at radius 3 is 2.38 bits per heavy atom. The molecule has 0 radical (unpaired) electrons. The number of rotatable bonds is 4. The van der Waals surface area contributed by atoms with Gasteiger partial charge in [0.25, 0.3) is 0 Å². The van der Waals surface area contributed by atoms with E-state index in [4.69, 9.17) is 6.42 Å². The maximum Gasteiger partial charge on any atom is 0.354 e.